The summed E-state index contributed by atoms with van der Waals surface area (Å²) in [6, 6.07) is 5.25. The lowest BCUT2D eigenvalue weighted by molar-refractivity contribution is 0.0706. The topological polar surface area (TPSA) is 63.5 Å². The van der Waals surface area contributed by atoms with Crippen molar-refractivity contribution in [3.8, 4) is 6.07 Å². The van der Waals surface area contributed by atoms with Gasteiger partial charge in [-0.1, -0.05) is 6.92 Å². The molecule has 1 N–H and O–H groups in total. The molecule has 0 unspecified atom stereocenters. The number of nitrogens with zero attached hydrogens (tertiary/aromatic N) is 1. The Bertz CT molecular complexity index is 642. The van der Waals surface area contributed by atoms with Crippen LogP contribution in [0, 0.1) is 17.1 Å². The summed E-state index contributed by atoms with van der Waals surface area (Å²) >= 11 is 0. The van der Waals surface area contributed by atoms with Gasteiger partial charge in [0, 0.05) is 31.5 Å². The maximum absolute atomic E-state index is 14.8. The Morgan fingerprint density at radius 3 is 2.62 bits per heavy atom. The molecule has 0 radical (unpaired) electrons. The molecule has 1 heterocycles. The Kier molecular flexibility index (Phi) is 7.45. The van der Waals surface area contributed by atoms with Crippen LogP contribution in [0.2, 0.25) is 0 Å². The molecular weight excluding hydrogens is 334 g/mol. The fourth-order valence-electron chi connectivity index (χ4n) is 2.77. The number of hydrogen-bond acceptors (Lipinski definition) is 5. The molecule has 0 amide bonds. The summed E-state index contributed by atoms with van der Waals surface area (Å²) in [5.74, 6) is -0.465. The lowest BCUT2D eigenvalue weighted by atomic mass is 9.76. The minimum Gasteiger partial charge on any atom is -0.408 e. The van der Waals surface area contributed by atoms with Crippen molar-refractivity contribution in [2.45, 2.75) is 58.6 Å². The first kappa shape index (κ1) is 20.7. The van der Waals surface area contributed by atoms with Gasteiger partial charge in [0.1, 0.15) is 11.9 Å². The standard InChI is InChI=1S/C19H28BFN2O3/c1-5-19(3,4)26-20(25-6-2)15-11-14(13-22)18(17(21)12-15)23-16-7-9-24-10-8-16/h11-12,16,23H,5-10H2,1-4H3. The molecule has 2 rings (SSSR count). The highest BCUT2D eigenvalue weighted by molar-refractivity contribution is 6.61. The van der Waals surface area contributed by atoms with E-state index in [-0.39, 0.29) is 17.3 Å². The lowest BCUT2D eigenvalue weighted by Crippen LogP contribution is -2.44. The third-order valence-electron chi connectivity index (χ3n) is 4.67. The largest absolute Gasteiger partial charge is 0.494 e. The first-order chi connectivity index (χ1) is 12.4. The number of ether oxygens (including phenoxy) is 1. The quantitative estimate of drug-likeness (QED) is 0.720. The molecule has 1 aromatic rings. The van der Waals surface area contributed by atoms with Crippen LogP contribution in [-0.4, -0.2) is 38.6 Å². The predicted molar refractivity (Wildman–Crippen MR) is 101 cm³/mol. The smallest absolute Gasteiger partial charge is 0.408 e. The van der Waals surface area contributed by atoms with E-state index >= 15 is 0 Å². The minimum atomic E-state index is -0.714. The van der Waals surface area contributed by atoms with Crippen LogP contribution in [0.5, 0.6) is 0 Å². The molecule has 1 fully saturated rings. The van der Waals surface area contributed by atoms with Crippen molar-refractivity contribution < 1.29 is 18.4 Å². The molecule has 0 aliphatic carbocycles. The van der Waals surface area contributed by atoms with Crippen LogP contribution in [0.3, 0.4) is 0 Å². The van der Waals surface area contributed by atoms with Gasteiger partial charge in [-0.3, -0.25) is 0 Å². The second-order valence-corrected chi connectivity index (χ2v) is 7.09. The Hall–Kier alpha value is -1.62. The van der Waals surface area contributed by atoms with E-state index in [0.717, 1.165) is 19.3 Å². The van der Waals surface area contributed by atoms with Crippen molar-refractivity contribution >= 4 is 18.3 Å². The number of nitrogens with one attached hydrogen (secondary N) is 1. The molecule has 0 bridgehead atoms. The highest BCUT2D eigenvalue weighted by atomic mass is 19.1. The van der Waals surface area contributed by atoms with Crippen LogP contribution >= 0.6 is 0 Å². The Morgan fingerprint density at radius 1 is 1.35 bits per heavy atom. The van der Waals surface area contributed by atoms with Crippen molar-refractivity contribution in [3.63, 3.8) is 0 Å². The van der Waals surface area contributed by atoms with Gasteiger partial charge in [-0.15, -0.1) is 0 Å². The van der Waals surface area contributed by atoms with Crippen molar-refractivity contribution in [3.05, 3.63) is 23.5 Å². The summed E-state index contributed by atoms with van der Waals surface area (Å²) in [7, 11) is -0.714. The van der Waals surface area contributed by atoms with E-state index in [4.69, 9.17) is 14.0 Å². The van der Waals surface area contributed by atoms with Crippen molar-refractivity contribution in [2.24, 2.45) is 0 Å². The summed E-state index contributed by atoms with van der Waals surface area (Å²) in [4.78, 5) is 0. The van der Waals surface area contributed by atoms with Gasteiger partial charge in [0.25, 0.3) is 0 Å². The van der Waals surface area contributed by atoms with E-state index < -0.39 is 18.5 Å². The maximum atomic E-state index is 14.8. The SMILES string of the molecule is CCOB(OC(C)(C)CC)c1cc(F)c(NC2CCOCC2)c(C#N)c1. The monoisotopic (exact) mass is 362 g/mol. The summed E-state index contributed by atoms with van der Waals surface area (Å²) < 4.78 is 31.8. The number of hydrogen-bond donors (Lipinski definition) is 1. The number of nitriles is 1. The van der Waals surface area contributed by atoms with Gasteiger partial charge < -0.3 is 19.4 Å². The predicted octanol–water partition coefficient (Wildman–Crippen LogP) is 3.23. The number of anilines is 1. The molecule has 0 atom stereocenters. The average molecular weight is 362 g/mol. The summed E-state index contributed by atoms with van der Waals surface area (Å²) in [6.07, 6.45) is 2.37. The van der Waals surface area contributed by atoms with Gasteiger partial charge in [0.05, 0.1) is 11.3 Å². The zero-order valence-electron chi connectivity index (χ0n) is 16.1. The minimum absolute atomic E-state index is 0.106. The molecule has 1 aromatic carbocycles. The fourth-order valence-corrected chi connectivity index (χ4v) is 2.77. The number of halogens is 1. The Labute approximate surface area is 156 Å². The van der Waals surface area contributed by atoms with Crippen molar-refractivity contribution in [2.75, 3.05) is 25.1 Å². The van der Waals surface area contributed by atoms with Crippen LogP contribution in [0.15, 0.2) is 12.1 Å². The Morgan fingerprint density at radius 2 is 2.04 bits per heavy atom. The van der Waals surface area contributed by atoms with Crippen LogP contribution in [0.1, 0.15) is 52.5 Å². The molecule has 26 heavy (non-hydrogen) atoms. The van der Waals surface area contributed by atoms with E-state index in [2.05, 4.69) is 11.4 Å². The molecule has 1 aliphatic rings. The first-order valence-electron chi connectivity index (χ1n) is 9.27. The Balaban J connectivity index is 2.28. The van der Waals surface area contributed by atoms with E-state index in [0.29, 0.717) is 25.3 Å². The van der Waals surface area contributed by atoms with Gasteiger partial charge in [0.15, 0.2) is 0 Å². The van der Waals surface area contributed by atoms with Crippen LogP contribution < -0.4 is 10.8 Å². The summed E-state index contributed by atoms with van der Waals surface area (Å²) in [6.45, 7) is 9.51. The molecule has 0 spiro atoms. The zero-order chi connectivity index (χ0) is 19.2. The van der Waals surface area contributed by atoms with E-state index in [9.17, 15) is 9.65 Å². The van der Waals surface area contributed by atoms with Crippen molar-refractivity contribution in [1.29, 1.82) is 5.26 Å². The van der Waals surface area contributed by atoms with Crippen LogP contribution in [0.25, 0.3) is 0 Å². The van der Waals surface area contributed by atoms with Gasteiger partial charge in [-0.05, 0) is 57.6 Å². The fraction of sp³-hybridized carbons (Fsp3) is 0.632. The molecule has 0 aromatic heterocycles. The highest BCUT2D eigenvalue weighted by Crippen LogP contribution is 2.23. The van der Waals surface area contributed by atoms with Crippen LogP contribution in [0.4, 0.5) is 10.1 Å². The van der Waals surface area contributed by atoms with Gasteiger partial charge in [-0.25, -0.2) is 4.39 Å². The van der Waals surface area contributed by atoms with E-state index in [1.807, 2.05) is 27.7 Å². The van der Waals surface area contributed by atoms with Gasteiger partial charge in [0.2, 0.25) is 0 Å². The highest BCUT2D eigenvalue weighted by Gasteiger charge is 2.31. The second kappa shape index (κ2) is 9.36. The summed E-state index contributed by atoms with van der Waals surface area (Å²) in [5.41, 5.74) is 0.601. The van der Waals surface area contributed by atoms with E-state index in [1.54, 1.807) is 6.07 Å². The van der Waals surface area contributed by atoms with E-state index in [1.165, 1.54) is 6.07 Å². The molecule has 0 saturated carbocycles. The molecule has 1 saturated heterocycles. The third-order valence-corrected chi connectivity index (χ3v) is 4.67. The maximum Gasteiger partial charge on any atom is 0.494 e. The van der Waals surface area contributed by atoms with Gasteiger partial charge in [-0.2, -0.15) is 5.26 Å². The third kappa shape index (κ3) is 5.44. The zero-order valence-corrected chi connectivity index (χ0v) is 16.1. The van der Waals surface area contributed by atoms with Gasteiger partial charge >= 0.3 is 7.12 Å². The normalized spacial score (nSPS) is 15.5. The average Bonchev–Trinajstić information content (AvgIpc) is 2.63. The molecular formula is C19H28BFN2O3. The first-order valence-corrected chi connectivity index (χ1v) is 9.27. The van der Waals surface area contributed by atoms with Crippen molar-refractivity contribution in [1.82, 2.24) is 0 Å². The second-order valence-electron chi connectivity index (χ2n) is 7.09. The number of rotatable bonds is 8. The molecule has 5 nitrogen and oxygen atoms in total. The molecule has 1 aliphatic heterocycles. The van der Waals surface area contributed by atoms with Crippen LogP contribution in [-0.2, 0) is 14.0 Å². The summed E-state index contributed by atoms with van der Waals surface area (Å²) in [5, 5.41) is 12.7. The molecule has 7 heteroatoms. The number of benzene rings is 1. The lowest BCUT2D eigenvalue weighted by Gasteiger charge is -2.28. The molecule has 142 valence electrons.